The van der Waals surface area contributed by atoms with E-state index in [4.69, 9.17) is 4.74 Å². The van der Waals surface area contributed by atoms with Gasteiger partial charge in [0.05, 0.1) is 19.9 Å². The Kier molecular flexibility index (Phi) is 6.75. The number of ether oxygens (including phenoxy) is 1. The highest BCUT2D eigenvalue weighted by molar-refractivity contribution is 7.88. The summed E-state index contributed by atoms with van der Waals surface area (Å²) < 4.78 is 44.0. The first-order chi connectivity index (χ1) is 14.3. The number of hydrogen-bond donors (Lipinski definition) is 1. The lowest BCUT2D eigenvalue weighted by Crippen LogP contribution is -2.37. The second-order valence-electron chi connectivity index (χ2n) is 6.31. The van der Waals surface area contributed by atoms with E-state index >= 15 is 0 Å². The molecule has 3 aromatic rings. The molecule has 8 nitrogen and oxygen atoms in total. The molecule has 0 bridgehead atoms. The molecule has 0 aliphatic carbocycles. The molecule has 0 saturated heterocycles. The fourth-order valence-corrected chi connectivity index (χ4v) is 4.04. The van der Waals surface area contributed by atoms with Gasteiger partial charge in [-0.3, -0.25) is 10.1 Å². The van der Waals surface area contributed by atoms with Gasteiger partial charge < -0.3 is 4.74 Å². The third-order valence-corrected chi connectivity index (χ3v) is 6.19. The monoisotopic (exact) mass is 450 g/mol. The van der Waals surface area contributed by atoms with Gasteiger partial charge in [-0.1, -0.05) is 29.5 Å². The van der Waals surface area contributed by atoms with Gasteiger partial charge in [0.1, 0.15) is 16.6 Å². The van der Waals surface area contributed by atoms with Gasteiger partial charge in [-0.25, -0.2) is 12.8 Å². The van der Waals surface area contributed by atoms with E-state index in [-0.39, 0.29) is 17.2 Å². The number of hydrogen-bond acceptors (Lipinski definition) is 7. The number of benzene rings is 2. The Balaban J connectivity index is 1.68. The summed E-state index contributed by atoms with van der Waals surface area (Å²) in [7, 11) is -2.18. The molecule has 0 saturated carbocycles. The molecule has 0 aliphatic heterocycles. The van der Waals surface area contributed by atoms with Crippen molar-refractivity contribution in [1.82, 2.24) is 14.5 Å². The first kappa shape index (κ1) is 21.8. The lowest BCUT2D eigenvalue weighted by atomic mass is 10.2. The molecule has 0 spiro atoms. The molecular formula is C19H19FN4O4S2. The Labute approximate surface area is 177 Å². The van der Waals surface area contributed by atoms with Crippen molar-refractivity contribution >= 4 is 32.4 Å². The fraction of sp³-hybridized carbons (Fsp3) is 0.211. The van der Waals surface area contributed by atoms with Crippen LogP contribution in [0.15, 0.2) is 48.5 Å². The van der Waals surface area contributed by atoms with Crippen LogP contribution >= 0.6 is 11.3 Å². The number of nitrogens with one attached hydrogen (secondary N) is 1. The van der Waals surface area contributed by atoms with Gasteiger partial charge in [0.25, 0.3) is 0 Å². The molecule has 0 unspecified atom stereocenters. The van der Waals surface area contributed by atoms with Gasteiger partial charge in [-0.15, -0.1) is 10.2 Å². The number of nitrogens with zero attached hydrogens (tertiary/aromatic N) is 3. The van der Waals surface area contributed by atoms with Crippen molar-refractivity contribution in [2.24, 2.45) is 0 Å². The van der Waals surface area contributed by atoms with Crippen LogP contribution in [0.5, 0.6) is 5.75 Å². The van der Waals surface area contributed by atoms with Crippen LogP contribution in [0, 0.1) is 5.82 Å². The number of carbonyl (C=O) groups is 1. The van der Waals surface area contributed by atoms with E-state index in [9.17, 15) is 17.6 Å². The standard InChI is InChI=1S/C19H19FN4O4S2/c1-28-15-9-7-13(8-10-15)18-22-23-19(29-18)21-17(25)12-24(30(2,26)27)11-14-5-3-4-6-16(14)20/h3-10H,11-12H2,1-2H3,(H,21,23,25). The van der Waals surface area contributed by atoms with Crippen molar-refractivity contribution in [1.29, 1.82) is 0 Å². The highest BCUT2D eigenvalue weighted by atomic mass is 32.2. The first-order valence-electron chi connectivity index (χ1n) is 8.72. The summed E-state index contributed by atoms with van der Waals surface area (Å²) in [6.07, 6.45) is 0.966. The summed E-state index contributed by atoms with van der Waals surface area (Å²) in [5.41, 5.74) is 0.972. The van der Waals surface area contributed by atoms with Crippen LogP contribution in [0.4, 0.5) is 9.52 Å². The van der Waals surface area contributed by atoms with Crippen LogP contribution in [0.3, 0.4) is 0 Å². The second kappa shape index (κ2) is 9.28. The van der Waals surface area contributed by atoms with E-state index in [1.54, 1.807) is 25.3 Å². The molecule has 3 rings (SSSR count). The van der Waals surface area contributed by atoms with Crippen LogP contribution in [-0.4, -0.2) is 48.7 Å². The average molecular weight is 451 g/mol. The molecule has 0 fully saturated rings. The summed E-state index contributed by atoms with van der Waals surface area (Å²) in [6.45, 7) is -0.739. The van der Waals surface area contributed by atoms with Crippen molar-refractivity contribution < 1.29 is 22.3 Å². The van der Waals surface area contributed by atoms with E-state index in [1.807, 2.05) is 12.1 Å². The molecule has 30 heavy (non-hydrogen) atoms. The summed E-state index contributed by atoms with van der Waals surface area (Å²) >= 11 is 1.15. The Morgan fingerprint density at radius 1 is 1.17 bits per heavy atom. The Morgan fingerprint density at radius 3 is 2.50 bits per heavy atom. The van der Waals surface area contributed by atoms with Gasteiger partial charge in [-0.05, 0) is 30.3 Å². The summed E-state index contributed by atoms with van der Waals surface area (Å²) in [6, 6.07) is 13.0. The predicted molar refractivity (Wildman–Crippen MR) is 112 cm³/mol. The highest BCUT2D eigenvalue weighted by Gasteiger charge is 2.22. The number of carbonyl (C=O) groups excluding carboxylic acids is 1. The predicted octanol–water partition coefficient (Wildman–Crippen LogP) is 2.75. The van der Waals surface area contributed by atoms with Crippen molar-refractivity contribution in [2.75, 3.05) is 25.2 Å². The summed E-state index contributed by atoms with van der Waals surface area (Å²) in [4.78, 5) is 12.4. The van der Waals surface area contributed by atoms with Gasteiger partial charge >= 0.3 is 0 Å². The Hall–Kier alpha value is -2.89. The smallest absolute Gasteiger partial charge is 0.241 e. The number of anilines is 1. The minimum Gasteiger partial charge on any atom is -0.497 e. The van der Waals surface area contributed by atoms with Crippen molar-refractivity contribution in [3.8, 4) is 16.3 Å². The highest BCUT2D eigenvalue weighted by Crippen LogP contribution is 2.27. The second-order valence-corrected chi connectivity index (χ2v) is 9.27. The topological polar surface area (TPSA) is 101 Å². The van der Waals surface area contributed by atoms with Crippen molar-refractivity contribution in [3.05, 3.63) is 59.9 Å². The van der Waals surface area contributed by atoms with E-state index in [2.05, 4.69) is 15.5 Å². The zero-order chi connectivity index (χ0) is 21.7. The maximum atomic E-state index is 13.9. The number of aromatic nitrogens is 2. The van der Waals surface area contributed by atoms with E-state index < -0.39 is 28.3 Å². The van der Waals surface area contributed by atoms with Gasteiger partial charge in [0, 0.05) is 17.7 Å². The van der Waals surface area contributed by atoms with Gasteiger partial charge in [0.15, 0.2) is 0 Å². The number of halogens is 1. The SMILES string of the molecule is COc1ccc(-c2nnc(NC(=O)CN(Cc3ccccc3F)S(C)(=O)=O)s2)cc1. The molecule has 0 atom stereocenters. The van der Waals surface area contributed by atoms with Crippen molar-refractivity contribution in [3.63, 3.8) is 0 Å². The average Bonchev–Trinajstić information content (AvgIpc) is 3.16. The lowest BCUT2D eigenvalue weighted by molar-refractivity contribution is -0.116. The van der Waals surface area contributed by atoms with Crippen LogP contribution in [0.1, 0.15) is 5.56 Å². The van der Waals surface area contributed by atoms with Gasteiger partial charge in [0.2, 0.25) is 21.1 Å². The largest absolute Gasteiger partial charge is 0.497 e. The normalized spacial score (nSPS) is 11.5. The summed E-state index contributed by atoms with van der Waals surface area (Å²) in [5.74, 6) is -0.443. The van der Waals surface area contributed by atoms with Crippen LogP contribution in [-0.2, 0) is 21.4 Å². The molecule has 1 amide bonds. The summed E-state index contributed by atoms with van der Waals surface area (Å²) in [5, 5.41) is 11.3. The molecule has 0 radical (unpaired) electrons. The molecule has 1 aromatic heterocycles. The van der Waals surface area contributed by atoms with Crippen LogP contribution in [0.2, 0.25) is 0 Å². The minimum atomic E-state index is -3.75. The molecule has 0 aliphatic rings. The first-order valence-corrected chi connectivity index (χ1v) is 11.4. The number of rotatable bonds is 8. The third-order valence-electron chi connectivity index (χ3n) is 4.10. The van der Waals surface area contributed by atoms with Crippen molar-refractivity contribution in [2.45, 2.75) is 6.54 Å². The zero-order valence-electron chi connectivity index (χ0n) is 16.2. The Morgan fingerprint density at radius 2 is 1.87 bits per heavy atom. The molecule has 158 valence electrons. The lowest BCUT2D eigenvalue weighted by Gasteiger charge is -2.19. The zero-order valence-corrected chi connectivity index (χ0v) is 17.8. The number of sulfonamides is 1. The number of methoxy groups -OCH3 is 1. The van der Waals surface area contributed by atoms with Crippen LogP contribution in [0.25, 0.3) is 10.6 Å². The molecule has 1 N–H and O–H groups in total. The number of amides is 1. The maximum Gasteiger partial charge on any atom is 0.241 e. The molecule has 1 heterocycles. The Bertz CT molecular complexity index is 1130. The fourth-order valence-electron chi connectivity index (χ4n) is 2.55. The minimum absolute atomic E-state index is 0.174. The van der Waals surface area contributed by atoms with E-state index in [0.29, 0.717) is 10.8 Å². The van der Waals surface area contributed by atoms with Gasteiger partial charge in [-0.2, -0.15) is 4.31 Å². The molecular weight excluding hydrogens is 431 g/mol. The maximum absolute atomic E-state index is 13.9. The molecule has 11 heteroatoms. The quantitative estimate of drug-likeness (QED) is 0.566. The van der Waals surface area contributed by atoms with E-state index in [1.165, 1.54) is 18.2 Å². The van der Waals surface area contributed by atoms with Crippen LogP contribution < -0.4 is 10.1 Å². The van der Waals surface area contributed by atoms with E-state index in [0.717, 1.165) is 27.5 Å². The molecule has 2 aromatic carbocycles. The third kappa shape index (κ3) is 5.59.